The molecule has 14 nitrogen and oxygen atoms in total. The van der Waals surface area contributed by atoms with Crippen LogP contribution in [0.5, 0.6) is 0 Å². The standard InChI is InChI=1S/C24H34N4O10/c1-24(2,3)38-22(35)16(28-23(36)37-14-15-7-5-4-6-8-15)9-10-18(30)27-17(13-29)21(34)26-11-19(31)25-12-20(32)33/h4-8,16-17,29H,9-14H2,1-3H3,(H,25,31)(H,26,34)(H,27,30)(H,28,36)(H,32,33). The summed E-state index contributed by atoms with van der Waals surface area (Å²) in [5.74, 6) is -4.48. The smallest absolute Gasteiger partial charge is 0.408 e. The Bertz CT molecular complexity index is 978. The molecule has 0 fully saturated rings. The number of hydrogen-bond acceptors (Lipinski definition) is 9. The lowest BCUT2D eigenvalue weighted by atomic mass is 10.1. The summed E-state index contributed by atoms with van der Waals surface area (Å²) >= 11 is 0. The average molecular weight is 539 g/mol. The summed E-state index contributed by atoms with van der Waals surface area (Å²) in [6.45, 7) is 2.85. The summed E-state index contributed by atoms with van der Waals surface area (Å²) in [5.41, 5.74) is -0.145. The van der Waals surface area contributed by atoms with Gasteiger partial charge in [-0.1, -0.05) is 30.3 Å². The number of aliphatic hydroxyl groups is 1. The van der Waals surface area contributed by atoms with Crippen molar-refractivity contribution in [3.8, 4) is 0 Å². The van der Waals surface area contributed by atoms with Gasteiger partial charge in [0.05, 0.1) is 13.2 Å². The van der Waals surface area contributed by atoms with E-state index in [0.29, 0.717) is 0 Å². The molecule has 2 unspecified atom stereocenters. The van der Waals surface area contributed by atoms with Gasteiger partial charge in [0.1, 0.15) is 30.8 Å². The molecule has 38 heavy (non-hydrogen) atoms. The number of aliphatic carboxylic acids is 1. The van der Waals surface area contributed by atoms with Crippen molar-refractivity contribution in [1.82, 2.24) is 21.3 Å². The number of alkyl carbamates (subject to hydrolysis) is 1. The van der Waals surface area contributed by atoms with E-state index in [-0.39, 0.29) is 19.4 Å². The third-order valence-electron chi connectivity index (χ3n) is 4.55. The fourth-order valence-electron chi connectivity index (χ4n) is 2.79. The van der Waals surface area contributed by atoms with Crippen LogP contribution in [0.4, 0.5) is 4.79 Å². The summed E-state index contributed by atoms with van der Waals surface area (Å²) < 4.78 is 10.4. The lowest BCUT2D eigenvalue weighted by Crippen LogP contribution is -2.51. The van der Waals surface area contributed by atoms with Crippen molar-refractivity contribution in [2.75, 3.05) is 19.7 Å². The highest BCUT2D eigenvalue weighted by Gasteiger charge is 2.28. The molecule has 0 spiro atoms. The van der Waals surface area contributed by atoms with E-state index in [4.69, 9.17) is 14.6 Å². The predicted octanol–water partition coefficient (Wildman–Crippen LogP) is -0.803. The van der Waals surface area contributed by atoms with Gasteiger partial charge in [-0.3, -0.25) is 19.2 Å². The molecule has 0 aliphatic heterocycles. The molecule has 1 aromatic rings. The molecule has 0 aromatic heterocycles. The highest BCUT2D eigenvalue weighted by atomic mass is 16.6. The van der Waals surface area contributed by atoms with Gasteiger partial charge in [-0.15, -0.1) is 0 Å². The molecule has 210 valence electrons. The number of ether oxygens (including phenoxy) is 2. The molecule has 0 aliphatic carbocycles. The minimum absolute atomic E-state index is 0.0458. The Hall–Kier alpha value is -4.20. The van der Waals surface area contributed by atoms with E-state index < -0.39 is 73.1 Å². The number of rotatable bonds is 14. The van der Waals surface area contributed by atoms with Crippen LogP contribution in [0.15, 0.2) is 30.3 Å². The second-order valence-electron chi connectivity index (χ2n) is 9.02. The maximum absolute atomic E-state index is 12.6. The van der Waals surface area contributed by atoms with Crippen molar-refractivity contribution in [1.29, 1.82) is 0 Å². The summed E-state index contributed by atoms with van der Waals surface area (Å²) in [6, 6.07) is 6.18. The lowest BCUT2D eigenvalue weighted by Gasteiger charge is -2.24. The lowest BCUT2D eigenvalue weighted by molar-refractivity contribution is -0.157. The second-order valence-corrected chi connectivity index (χ2v) is 9.02. The second kappa shape index (κ2) is 15.8. The van der Waals surface area contributed by atoms with Gasteiger partial charge in [0.25, 0.3) is 0 Å². The van der Waals surface area contributed by atoms with E-state index in [1.807, 2.05) is 5.32 Å². The highest BCUT2D eigenvalue weighted by Crippen LogP contribution is 2.11. The first kappa shape index (κ1) is 31.8. The molecule has 1 rings (SSSR count). The van der Waals surface area contributed by atoms with Crippen LogP contribution in [-0.4, -0.2) is 83.3 Å². The quantitative estimate of drug-likeness (QED) is 0.162. The van der Waals surface area contributed by atoms with E-state index >= 15 is 0 Å². The third kappa shape index (κ3) is 13.8. The van der Waals surface area contributed by atoms with Crippen molar-refractivity contribution in [3.05, 3.63) is 35.9 Å². The van der Waals surface area contributed by atoms with Crippen LogP contribution in [0, 0.1) is 0 Å². The average Bonchev–Trinajstić information content (AvgIpc) is 2.85. The van der Waals surface area contributed by atoms with Crippen molar-refractivity contribution in [3.63, 3.8) is 0 Å². The Morgan fingerprint density at radius 1 is 0.895 bits per heavy atom. The molecular weight excluding hydrogens is 504 g/mol. The zero-order chi connectivity index (χ0) is 28.7. The number of esters is 1. The molecule has 14 heteroatoms. The maximum Gasteiger partial charge on any atom is 0.408 e. The van der Waals surface area contributed by atoms with E-state index in [1.165, 1.54) is 0 Å². The number of carboxylic acids is 1. The number of carbonyl (C=O) groups is 6. The summed E-state index contributed by atoms with van der Waals surface area (Å²) in [6.07, 6.45) is -1.46. The Labute approximate surface area is 219 Å². The van der Waals surface area contributed by atoms with Gasteiger partial charge in [-0.2, -0.15) is 0 Å². The first-order valence-corrected chi connectivity index (χ1v) is 11.7. The monoisotopic (exact) mass is 538 g/mol. The molecule has 0 saturated heterocycles. The number of amides is 4. The predicted molar refractivity (Wildman–Crippen MR) is 131 cm³/mol. The third-order valence-corrected chi connectivity index (χ3v) is 4.55. The fraction of sp³-hybridized carbons (Fsp3) is 0.500. The van der Waals surface area contributed by atoms with E-state index in [9.17, 15) is 33.9 Å². The molecule has 2 atom stereocenters. The largest absolute Gasteiger partial charge is 0.480 e. The Kier molecular flexibility index (Phi) is 13.2. The van der Waals surface area contributed by atoms with Crippen molar-refractivity contribution < 1.29 is 48.5 Å². The molecule has 6 N–H and O–H groups in total. The van der Waals surface area contributed by atoms with Gasteiger partial charge in [-0.05, 0) is 32.8 Å². The highest BCUT2D eigenvalue weighted by molar-refractivity contribution is 5.91. The molecule has 0 bridgehead atoms. The van der Waals surface area contributed by atoms with Crippen LogP contribution in [0.3, 0.4) is 0 Å². The van der Waals surface area contributed by atoms with E-state index in [0.717, 1.165) is 5.56 Å². The van der Waals surface area contributed by atoms with Crippen LogP contribution in [0.2, 0.25) is 0 Å². The van der Waals surface area contributed by atoms with Crippen LogP contribution >= 0.6 is 0 Å². The molecule has 0 heterocycles. The molecule has 0 saturated carbocycles. The molecule has 4 amide bonds. The van der Waals surface area contributed by atoms with Gasteiger partial charge in [0.15, 0.2) is 0 Å². The van der Waals surface area contributed by atoms with Gasteiger partial charge in [0.2, 0.25) is 17.7 Å². The van der Waals surface area contributed by atoms with Gasteiger partial charge >= 0.3 is 18.0 Å². The van der Waals surface area contributed by atoms with Crippen molar-refractivity contribution in [2.24, 2.45) is 0 Å². The van der Waals surface area contributed by atoms with Crippen molar-refractivity contribution in [2.45, 2.75) is 57.9 Å². The van der Waals surface area contributed by atoms with Crippen LogP contribution in [0.1, 0.15) is 39.2 Å². The van der Waals surface area contributed by atoms with Crippen molar-refractivity contribution >= 4 is 35.8 Å². The number of carboxylic acid groups (broad SMARTS) is 1. The number of hydrogen-bond donors (Lipinski definition) is 6. The van der Waals surface area contributed by atoms with Crippen LogP contribution in [0.25, 0.3) is 0 Å². The van der Waals surface area contributed by atoms with Crippen LogP contribution in [-0.2, 0) is 40.1 Å². The Morgan fingerprint density at radius 2 is 1.55 bits per heavy atom. The number of aliphatic hydroxyl groups excluding tert-OH is 1. The minimum atomic E-state index is -1.42. The van der Waals surface area contributed by atoms with Gasteiger partial charge in [0, 0.05) is 6.42 Å². The summed E-state index contributed by atoms with van der Waals surface area (Å²) in [4.78, 5) is 71.4. The molecule has 0 radical (unpaired) electrons. The fourth-order valence-corrected chi connectivity index (χ4v) is 2.79. The zero-order valence-electron chi connectivity index (χ0n) is 21.4. The first-order chi connectivity index (χ1) is 17.8. The number of carbonyl (C=O) groups excluding carboxylic acids is 5. The Morgan fingerprint density at radius 3 is 2.13 bits per heavy atom. The van der Waals surface area contributed by atoms with E-state index in [2.05, 4.69) is 16.0 Å². The topological polar surface area (TPSA) is 209 Å². The molecule has 0 aliphatic rings. The van der Waals surface area contributed by atoms with Gasteiger partial charge in [-0.25, -0.2) is 9.59 Å². The number of nitrogens with one attached hydrogen (secondary N) is 4. The molecular formula is C24H34N4O10. The first-order valence-electron chi connectivity index (χ1n) is 11.7. The summed E-state index contributed by atoms with van der Waals surface area (Å²) in [5, 5.41) is 26.8. The number of benzene rings is 1. The van der Waals surface area contributed by atoms with E-state index in [1.54, 1.807) is 51.1 Å². The van der Waals surface area contributed by atoms with Crippen LogP contribution < -0.4 is 21.3 Å². The van der Waals surface area contributed by atoms with Gasteiger partial charge < -0.3 is 41.0 Å². The normalized spacial score (nSPS) is 12.3. The SMILES string of the molecule is CC(C)(C)OC(=O)C(CCC(=O)NC(CO)C(=O)NCC(=O)NCC(=O)O)NC(=O)OCc1ccccc1. The zero-order valence-corrected chi connectivity index (χ0v) is 21.4. The maximum atomic E-state index is 12.6. The summed E-state index contributed by atoms with van der Waals surface area (Å²) in [7, 11) is 0. The molecule has 1 aromatic carbocycles. The minimum Gasteiger partial charge on any atom is -0.480 e. The Balaban J connectivity index is 2.66.